The Hall–Kier alpha value is -2.34. The predicted molar refractivity (Wildman–Crippen MR) is 121 cm³/mol. The van der Waals surface area contributed by atoms with E-state index in [0.29, 0.717) is 25.3 Å². The second-order valence-electron chi connectivity index (χ2n) is 7.93. The predicted octanol–water partition coefficient (Wildman–Crippen LogP) is 2.89. The van der Waals surface area contributed by atoms with Crippen LogP contribution >= 0.6 is 0 Å². The van der Waals surface area contributed by atoms with Crippen molar-refractivity contribution in [1.29, 1.82) is 0 Å². The zero-order valence-electron chi connectivity index (χ0n) is 20.0. The van der Waals surface area contributed by atoms with Crippen LogP contribution in [0.25, 0.3) is 17.0 Å². The van der Waals surface area contributed by atoms with Crippen molar-refractivity contribution in [2.45, 2.75) is 46.0 Å². The molecule has 0 bridgehead atoms. The Labute approximate surface area is 212 Å². The Bertz CT molecular complexity index is 1120. The van der Waals surface area contributed by atoms with Crippen molar-refractivity contribution in [2.24, 2.45) is 0 Å². The minimum Gasteiger partial charge on any atom is -1.00 e. The van der Waals surface area contributed by atoms with Crippen molar-refractivity contribution in [1.82, 2.24) is 4.98 Å². The van der Waals surface area contributed by atoms with E-state index in [1.54, 1.807) is 0 Å². The van der Waals surface area contributed by atoms with Gasteiger partial charge in [0, 0.05) is 24.0 Å². The van der Waals surface area contributed by atoms with E-state index in [1.165, 1.54) is 11.1 Å². The first kappa shape index (κ1) is 24.3. The quantitative estimate of drug-likeness (QED) is 0.545. The van der Waals surface area contributed by atoms with E-state index in [4.69, 9.17) is 14.3 Å². The molecule has 1 aromatic heterocycles. The molecule has 6 heteroatoms. The molecule has 0 aliphatic heterocycles. The minimum atomic E-state index is -0.770. The van der Waals surface area contributed by atoms with Crippen LogP contribution in [0.1, 0.15) is 48.8 Å². The first-order valence-corrected chi connectivity index (χ1v) is 10.7. The van der Waals surface area contributed by atoms with E-state index in [2.05, 4.69) is 36.2 Å². The van der Waals surface area contributed by atoms with Crippen molar-refractivity contribution in [3.63, 3.8) is 0 Å². The first-order chi connectivity index (χ1) is 15.0. The second-order valence-corrected chi connectivity index (χ2v) is 7.93. The van der Waals surface area contributed by atoms with Gasteiger partial charge in [-0.15, -0.1) is 0 Å². The van der Waals surface area contributed by atoms with Gasteiger partial charge < -0.3 is 15.7 Å². The molecule has 0 radical (unpaired) electrons. The molecule has 1 heterocycles. The molecule has 1 aliphatic rings. The average Bonchev–Trinajstić information content (AvgIpc) is 3.13. The number of aryl methyl sites for hydroxylation is 2. The number of oxazole rings is 1. The zero-order chi connectivity index (χ0) is 21.8. The van der Waals surface area contributed by atoms with Gasteiger partial charge >= 0.3 is 35.5 Å². The summed E-state index contributed by atoms with van der Waals surface area (Å²) >= 11 is 0. The number of allylic oxidation sites excluding steroid dienone is 2. The van der Waals surface area contributed by atoms with Crippen LogP contribution < -0.4 is 34.3 Å². The van der Waals surface area contributed by atoms with Crippen molar-refractivity contribution in [3.05, 3.63) is 76.7 Å². The molecule has 0 saturated carbocycles. The van der Waals surface area contributed by atoms with Crippen LogP contribution in [0.2, 0.25) is 0 Å². The molecule has 5 nitrogen and oxygen atoms in total. The zero-order valence-corrected chi connectivity index (χ0v) is 21.0. The number of hydrogen-bond acceptors (Lipinski definition) is 4. The molecule has 4 rings (SSSR count). The molecule has 0 saturated heterocycles. The van der Waals surface area contributed by atoms with Gasteiger partial charge in [-0.05, 0) is 62.4 Å². The van der Waals surface area contributed by atoms with Gasteiger partial charge in [-0.1, -0.05) is 35.9 Å². The molecule has 0 unspecified atom stereocenters. The van der Waals surface area contributed by atoms with E-state index >= 15 is 0 Å². The normalized spacial score (nSPS) is 12.5. The van der Waals surface area contributed by atoms with Crippen LogP contribution in [0.3, 0.4) is 0 Å². The van der Waals surface area contributed by atoms with Gasteiger partial charge in [0.15, 0.2) is 0 Å². The summed E-state index contributed by atoms with van der Waals surface area (Å²) in [4.78, 5) is 15.6. The van der Waals surface area contributed by atoms with E-state index in [1.807, 2.05) is 31.2 Å². The van der Waals surface area contributed by atoms with Crippen LogP contribution in [0.15, 0.2) is 53.0 Å². The molecule has 3 aromatic rings. The van der Waals surface area contributed by atoms with Gasteiger partial charge in [0.05, 0.1) is 12.3 Å². The van der Waals surface area contributed by atoms with Crippen molar-refractivity contribution < 1.29 is 50.0 Å². The maximum atomic E-state index is 11.0. The molecule has 0 fully saturated rings. The standard InChI is InChI=1S/C26H27NO4.Na.H/c1-17-9-11-20(12-10-17)26-27-23(18(2)31-26)15-16-30-24-8-4-6-21-19(13-14-25(28)29)5-3-7-22(21)24;;/h4-6,8-12H,3,7,13-16H2,1-2H3,(H,28,29);;/q;+1;-1. The molecule has 32 heavy (non-hydrogen) atoms. The summed E-state index contributed by atoms with van der Waals surface area (Å²) in [5, 5.41) is 9.01. The van der Waals surface area contributed by atoms with Crippen LogP contribution in [0, 0.1) is 13.8 Å². The Morgan fingerprint density at radius 2 is 1.94 bits per heavy atom. The second kappa shape index (κ2) is 11.0. The monoisotopic (exact) mass is 441 g/mol. The number of hydrogen-bond donors (Lipinski definition) is 1. The molecule has 162 valence electrons. The molecule has 0 spiro atoms. The molecule has 0 amide bonds. The van der Waals surface area contributed by atoms with Gasteiger partial charge in [0.2, 0.25) is 5.89 Å². The largest absolute Gasteiger partial charge is 1.00 e. The fraction of sp³-hybridized carbons (Fsp3) is 0.308. The average molecular weight is 442 g/mol. The van der Waals surface area contributed by atoms with E-state index in [9.17, 15) is 4.79 Å². The summed E-state index contributed by atoms with van der Waals surface area (Å²) in [6.07, 6.45) is 5.32. The summed E-state index contributed by atoms with van der Waals surface area (Å²) in [7, 11) is 0. The molecular weight excluding hydrogens is 413 g/mol. The Morgan fingerprint density at radius 1 is 1.16 bits per heavy atom. The van der Waals surface area contributed by atoms with E-state index in [0.717, 1.165) is 46.7 Å². The first-order valence-electron chi connectivity index (χ1n) is 10.7. The summed E-state index contributed by atoms with van der Waals surface area (Å²) in [6.45, 7) is 4.50. The smallest absolute Gasteiger partial charge is 1.00 e. The molecule has 1 aliphatic carbocycles. The molecule has 1 N–H and O–H groups in total. The summed E-state index contributed by atoms with van der Waals surface area (Å²) < 4.78 is 12.0. The van der Waals surface area contributed by atoms with Gasteiger partial charge in [0.1, 0.15) is 11.5 Å². The van der Waals surface area contributed by atoms with Crippen LogP contribution in [-0.4, -0.2) is 22.7 Å². The maximum absolute atomic E-state index is 11.0. The molecular formula is C26H28NNaO4. The van der Waals surface area contributed by atoms with Gasteiger partial charge in [-0.2, -0.15) is 0 Å². The maximum Gasteiger partial charge on any atom is 1.00 e. The summed E-state index contributed by atoms with van der Waals surface area (Å²) in [5.41, 5.74) is 6.46. The number of rotatable bonds is 8. The minimum absolute atomic E-state index is 0. The van der Waals surface area contributed by atoms with Gasteiger partial charge in [-0.3, -0.25) is 4.79 Å². The fourth-order valence-corrected chi connectivity index (χ4v) is 3.98. The number of fused-ring (bicyclic) bond motifs is 1. The van der Waals surface area contributed by atoms with Gasteiger partial charge in [-0.25, -0.2) is 4.98 Å². The Kier molecular flexibility index (Phi) is 8.35. The fourth-order valence-electron chi connectivity index (χ4n) is 3.98. The number of carboxylic acid groups (broad SMARTS) is 1. The third-order valence-corrected chi connectivity index (χ3v) is 5.66. The third-order valence-electron chi connectivity index (χ3n) is 5.66. The van der Waals surface area contributed by atoms with E-state index < -0.39 is 5.97 Å². The van der Waals surface area contributed by atoms with Crippen molar-refractivity contribution in [3.8, 4) is 17.2 Å². The number of nitrogens with zero attached hydrogens (tertiary/aromatic N) is 1. The SMILES string of the molecule is Cc1ccc(-c2nc(CCOc3cccc4c3CCC=C4CCC(=O)O)c(C)o2)cc1.[H-].[Na+]. The number of carboxylic acids is 1. The van der Waals surface area contributed by atoms with E-state index in [-0.39, 0.29) is 37.4 Å². The van der Waals surface area contributed by atoms with Crippen LogP contribution in [-0.2, 0) is 17.6 Å². The number of aromatic nitrogens is 1. The summed E-state index contributed by atoms with van der Waals surface area (Å²) in [5.74, 6) is 1.55. The molecule has 0 atom stereocenters. The summed E-state index contributed by atoms with van der Waals surface area (Å²) in [6, 6.07) is 14.2. The third kappa shape index (κ3) is 5.71. The van der Waals surface area contributed by atoms with Crippen LogP contribution in [0.5, 0.6) is 5.75 Å². The van der Waals surface area contributed by atoms with Gasteiger partial charge in [0.25, 0.3) is 0 Å². The van der Waals surface area contributed by atoms with Crippen molar-refractivity contribution in [2.75, 3.05) is 6.61 Å². The van der Waals surface area contributed by atoms with Crippen molar-refractivity contribution >= 4 is 11.5 Å². The Balaban J connectivity index is 0.00000193. The van der Waals surface area contributed by atoms with Crippen LogP contribution in [0.4, 0.5) is 0 Å². The number of carbonyl (C=O) groups is 1. The number of benzene rings is 2. The Morgan fingerprint density at radius 3 is 2.69 bits per heavy atom. The topological polar surface area (TPSA) is 72.6 Å². The number of aliphatic carboxylic acids is 1. The number of ether oxygens (including phenoxy) is 1. The molecule has 2 aromatic carbocycles.